The predicted octanol–water partition coefficient (Wildman–Crippen LogP) is 12.7. The number of rotatable bonds is 5. The largest absolute Gasteiger partial charge is 0.456 e. The van der Waals surface area contributed by atoms with E-state index in [1.54, 1.807) is 0 Å². The Morgan fingerprint density at radius 1 is 0.304 bits per heavy atom. The lowest BCUT2D eigenvalue weighted by atomic mass is 9.98. The van der Waals surface area contributed by atoms with Gasteiger partial charge in [0.2, 0.25) is 0 Å². The maximum absolute atomic E-state index is 6.35. The van der Waals surface area contributed by atoms with Gasteiger partial charge >= 0.3 is 0 Å². The van der Waals surface area contributed by atoms with E-state index in [1.165, 1.54) is 43.8 Å². The normalized spacial score (nSPS) is 11.5. The lowest BCUT2D eigenvalue weighted by Crippen LogP contribution is -2.10. The maximum atomic E-state index is 6.35. The van der Waals surface area contributed by atoms with Crippen molar-refractivity contribution in [3.05, 3.63) is 176 Å². The van der Waals surface area contributed by atoms with Crippen LogP contribution in [0.15, 0.2) is 180 Å². The third-order valence-corrected chi connectivity index (χ3v) is 9.00. The van der Waals surface area contributed by atoms with E-state index in [2.05, 4.69) is 169 Å². The second kappa shape index (κ2) is 10.8. The van der Waals surface area contributed by atoms with Gasteiger partial charge in [0.25, 0.3) is 0 Å². The highest BCUT2D eigenvalue weighted by Gasteiger charge is 2.17. The number of benzene rings is 8. The first-order chi connectivity index (χ1) is 22.8. The van der Waals surface area contributed by atoms with Crippen LogP contribution < -0.4 is 4.90 Å². The summed E-state index contributed by atoms with van der Waals surface area (Å²) in [4.78, 5) is 2.33. The molecule has 0 radical (unpaired) electrons. The van der Waals surface area contributed by atoms with Crippen molar-refractivity contribution in [2.24, 2.45) is 0 Å². The molecule has 9 aromatic rings. The van der Waals surface area contributed by atoms with Crippen LogP contribution in [-0.2, 0) is 0 Å². The summed E-state index contributed by atoms with van der Waals surface area (Å²) in [7, 11) is 0. The smallest absolute Gasteiger partial charge is 0.137 e. The predicted molar refractivity (Wildman–Crippen MR) is 194 cm³/mol. The van der Waals surface area contributed by atoms with Crippen LogP contribution in [0.25, 0.3) is 65.7 Å². The van der Waals surface area contributed by atoms with Crippen molar-refractivity contribution >= 4 is 60.5 Å². The average molecular weight is 588 g/mol. The Bertz CT molecular complexity index is 2540. The molecule has 0 saturated heterocycles. The van der Waals surface area contributed by atoms with Crippen LogP contribution in [0.4, 0.5) is 17.1 Å². The summed E-state index contributed by atoms with van der Waals surface area (Å²) in [6.45, 7) is 0. The third kappa shape index (κ3) is 4.60. The Balaban J connectivity index is 1.21. The zero-order valence-corrected chi connectivity index (χ0v) is 25.1. The molecule has 0 bridgehead atoms. The lowest BCUT2D eigenvalue weighted by molar-refractivity contribution is 0.669. The number of furan rings is 1. The molecule has 0 N–H and O–H groups in total. The molecule has 9 rings (SSSR count). The summed E-state index contributed by atoms with van der Waals surface area (Å²) in [6, 6.07) is 62.9. The van der Waals surface area contributed by atoms with E-state index >= 15 is 0 Å². The molecule has 2 nitrogen and oxygen atoms in total. The summed E-state index contributed by atoms with van der Waals surface area (Å²) in [5, 5.41) is 7.16. The molecule has 0 saturated carbocycles. The van der Waals surface area contributed by atoms with Crippen LogP contribution >= 0.6 is 0 Å². The van der Waals surface area contributed by atoms with Gasteiger partial charge in [0, 0.05) is 33.9 Å². The van der Waals surface area contributed by atoms with Gasteiger partial charge in [-0.15, -0.1) is 0 Å². The van der Waals surface area contributed by atoms with E-state index in [9.17, 15) is 0 Å². The molecule has 0 spiro atoms. The van der Waals surface area contributed by atoms with Crippen LogP contribution in [0.1, 0.15) is 0 Å². The molecule has 0 aliphatic carbocycles. The number of para-hydroxylation sites is 1. The van der Waals surface area contributed by atoms with Crippen molar-refractivity contribution in [3.63, 3.8) is 0 Å². The van der Waals surface area contributed by atoms with Crippen molar-refractivity contribution in [3.8, 4) is 22.3 Å². The second-order valence-electron chi connectivity index (χ2n) is 11.8. The Hall–Kier alpha value is -6.12. The number of anilines is 3. The SMILES string of the molecule is c1ccc(-c2cccc(N(c3ccc4ccc(-c5ccc6ccccc6c5)cc4c3)c3ccc4c(c3)oc3ccccc34)c2)cc1. The van der Waals surface area contributed by atoms with Crippen LogP contribution in [0.5, 0.6) is 0 Å². The molecule has 0 aliphatic heterocycles. The van der Waals surface area contributed by atoms with Crippen LogP contribution in [-0.4, -0.2) is 0 Å². The highest BCUT2D eigenvalue weighted by Crippen LogP contribution is 2.41. The van der Waals surface area contributed by atoms with Gasteiger partial charge in [-0.3, -0.25) is 0 Å². The lowest BCUT2D eigenvalue weighted by Gasteiger charge is -2.26. The highest BCUT2D eigenvalue weighted by molar-refractivity contribution is 6.06. The standard InChI is InChI=1S/C44H29NO/c1-2-9-30(10-3-1)34-13-8-14-38(27-34)45(40-23-24-42-41-15-6-7-16-43(41)46-44(42)29-40)39-22-21-32-18-20-36(26-37(32)28-39)35-19-17-31-11-4-5-12-33(31)25-35/h1-29H. The Morgan fingerprint density at radius 3 is 1.76 bits per heavy atom. The zero-order valence-electron chi connectivity index (χ0n) is 25.1. The van der Waals surface area contributed by atoms with Crippen molar-refractivity contribution < 1.29 is 4.42 Å². The summed E-state index contributed by atoms with van der Waals surface area (Å²) >= 11 is 0. The summed E-state index contributed by atoms with van der Waals surface area (Å²) < 4.78 is 6.35. The fraction of sp³-hybridized carbons (Fsp3) is 0. The van der Waals surface area contributed by atoms with E-state index < -0.39 is 0 Å². The molecule has 0 unspecified atom stereocenters. The second-order valence-corrected chi connectivity index (χ2v) is 11.8. The van der Waals surface area contributed by atoms with E-state index in [0.717, 1.165) is 39.0 Å². The first-order valence-electron chi connectivity index (χ1n) is 15.7. The van der Waals surface area contributed by atoms with Gasteiger partial charge in [-0.05, 0) is 98.4 Å². The maximum Gasteiger partial charge on any atom is 0.137 e. The molecule has 1 heterocycles. The molecule has 2 heteroatoms. The van der Waals surface area contributed by atoms with Crippen LogP contribution in [0, 0.1) is 0 Å². The topological polar surface area (TPSA) is 16.4 Å². The highest BCUT2D eigenvalue weighted by atomic mass is 16.3. The molecule has 0 fully saturated rings. The van der Waals surface area contributed by atoms with Gasteiger partial charge < -0.3 is 9.32 Å². The van der Waals surface area contributed by atoms with Crippen LogP contribution in [0.3, 0.4) is 0 Å². The zero-order chi connectivity index (χ0) is 30.5. The van der Waals surface area contributed by atoms with Crippen molar-refractivity contribution in [1.29, 1.82) is 0 Å². The van der Waals surface area contributed by atoms with E-state index in [0.29, 0.717) is 0 Å². The first kappa shape index (κ1) is 26.3. The van der Waals surface area contributed by atoms with Crippen molar-refractivity contribution in [2.45, 2.75) is 0 Å². The van der Waals surface area contributed by atoms with E-state index in [4.69, 9.17) is 4.42 Å². The number of nitrogens with zero attached hydrogens (tertiary/aromatic N) is 1. The molecular weight excluding hydrogens is 558 g/mol. The molecule has 0 amide bonds. The van der Waals surface area contributed by atoms with Gasteiger partial charge in [-0.25, -0.2) is 0 Å². The minimum atomic E-state index is 0.877. The van der Waals surface area contributed by atoms with Gasteiger partial charge in [0.05, 0.1) is 0 Å². The molecule has 1 aromatic heterocycles. The number of fused-ring (bicyclic) bond motifs is 5. The summed E-state index contributed by atoms with van der Waals surface area (Å²) in [5.41, 5.74) is 9.78. The molecule has 0 aliphatic rings. The van der Waals surface area contributed by atoms with Crippen LogP contribution in [0.2, 0.25) is 0 Å². The molecule has 46 heavy (non-hydrogen) atoms. The average Bonchev–Trinajstić information content (AvgIpc) is 3.50. The van der Waals surface area contributed by atoms with Gasteiger partial charge in [0.15, 0.2) is 0 Å². The number of hydrogen-bond donors (Lipinski definition) is 0. The quantitative estimate of drug-likeness (QED) is 0.199. The third-order valence-electron chi connectivity index (χ3n) is 9.00. The Kier molecular flexibility index (Phi) is 6.17. The van der Waals surface area contributed by atoms with E-state index in [1.807, 2.05) is 12.1 Å². The molecule has 8 aromatic carbocycles. The van der Waals surface area contributed by atoms with E-state index in [-0.39, 0.29) is 0 Å². The monoisotopic (exact) mass is 587 g/mol. The molecular formula is C44H29NO. The fourth-order valence-corrected chi connectivity index (χ4v) is 6.68. The van der Waals surface area contributed by atoms with Gasteiger partial charge in [-0.2, -0.15) is 0 Å². The fourth-order valence-electron chi connectivity index (χ4n) is 6.68. The number of hydrogen-bond acceptors (Lipinski definition) is 2. The first-order valence-corrected chi connectivity index (χ1v) is 15.7. The summed E-state index contributed by atoms with van der Waals surface area (Å²) in [5.74, 6) is 0. The van der Waals surface area contributed by atoms with Crippen molar-refractivity contribution in [1.82, 2.24) is 0 Å². The minimum absolute atomic E-state index is 0.877. The Morgan fingerprint density at radius 2 is 0.891 bits per heavy atom. The minimum Gasteiger partial charge on any atom is -0.456 e. The molecule has 0 atom stereocenters. The van der Waals surface area contributed by atoms with Crippen molar-refractivity contribution in [2.75, 3.05) is 4.90 Å². The Labute approximate surface area is 267 Å². The molecule has 216 valence electrons. The summed E-state index contributed by atoms with van der Waals surface area (Å²) in [6.07, 6.45) is 0. The van der Waals surface area contributed by atoms with Gasteiger partial charge in [0.1, 0.15) is 11.2 Å². The van der Waals surface area contributed by atoms with Gasteiger partial charge in [-0.1, -0.05) is 115 Å².